The molecule has 7 nitrogen and oxygen atoms in total. The molecule has 1 saturated carbocycles. The van der Waals surface area contributed by atoms with Gasteiger partial charge in [0.1, 0.15) is 11.4 Å². The first-order valence-corrected chi connectivity index (χ1v) is 8.43. The number of amides is 1. The largest absolute Gasteiger partial charge is 0.465 e. The van der Waals surface area contributed by atoms with Crippen molar-refractivity contribution in [3.05, 3.63) is 41.6 Å². The summed E-state index contributed by atoms with van der Waals surface area (Å²) in [7, 11) is 1.29. The Morgan fingerprint density at radius 2 is 1.88 bits per heavy atom. The molecule has 1 amide bonds. The van der Waals surface area contributed by atoms with E-state index in [2.05, 4.69) is 15.2 Å². The van der Waals surface area contributed by atoms with Gasteiger partial charge in [-0.05, 0) is 37.1 Å². The van der Waals surface area contributed by atoms with Gasteiger partial charge < -0.3 is 15.8 Å². The standard InChI is InChI=1S/C18H22N4O3/c1-25-18(24)15-11-20-22(16(15)19)14-9-7-12(8-10-14)17(23)21-13-5-3-2-4-6-13/h7-11,13H,2-6,19H2,1H3,(H,21,23). The fourth-order valence-electron chi connectivity index (χ4n) is 3.10. The highest BCUT2D eigenvalue weighted by molar-refractivity contribution is 5.95. The molecule has 1 aromatic carbocycles. The highest BCUT2D eigenvalue weighted by atomic mass is 16.5. The molecule has 25 heavy (non-hydrogen) atoms. The summed E-state index contributed by atoms with van der Waals surface area (Å²) < 4.78 is 6.10. The van der Waals surface area contributed by atoms with E-state index in [4.69, 9.17) is 5.73 Å². The maximum absolute atomic E-state index is 12.3. The van der Waals surface area contributed by atoms with E-state index < -0.39 is 5.97 Å². The Kier molecular flexibility index (Phi) is 5.02. The van der Waals surface area contributed by atoms with Crippen LogP contribution in [0.5, 0.6) is 0 Å². The molecule has 7 heteroatoms. The molecule has 1 aliphatic carbocycles. The van der Waals surface area contributed by atoms with Crippen molar-refractivity contribution in [1.82, 2.24) is 15.1 Å². The molecule has 0 bridgehead atoms. The number of carbonyl (C=O) groups is 2. The predicted molar refractivity (Wildman–Crippen MR) is 93.7 cm³/mol. The first kappa shape index (κ1) is 17.0. The number of hydrogen-bond donors (Lipinski definition) is 2. The molecular weight excluding hydrogens is 320 g/mol. The van der Waals surface area contributed by atoms with Crippen LogP contribution in [0.2, 0.25) is 0 Å². The quantitative estimate of drug-likeness (QED) is 0.831. The average Bonchev–Trinajstić information content (AvgIpc) is 3.03. The van der Waals surface area contributed by atoms with Gasteiger partial charge in [0, 0.05) is 11.6 Å². The van der Waals surface area contributed by atoms with E-state index >= 15 is 0 Å². The molecule has 1 aliphatic rings. The SMILES string of the molecule is COC(=O)c1cnn(-c2ccc(C(=O)NC3CCCCC3)cc2)c1N. The van der Waals surface area contributed by atoms with E-state index in [1.807, 2.05) is 0 Å². The lowest BCUT2D eigenvalue weighted by Crippen LogP contribution is -2.36. The molecule has 0 radical (unpaired) electrons. The maximum atomic E-state index is 12.3. The second-order valence-corrected chi connectivity index (χ2v) is 6.20. The molecule has 0 atom stereocenters. The molecule has 1 aromatic heterocycles. The van der Waals surface area contributed by atoms with Gasteiger partial charge in [-0.15, -0.1) is 0 Å². The summed E-state index contributed by atoms with van der Waals surface area (Å²) >= 11 is 0. The number of esters is 1. The summed E-state index contributed by atoms with van der Waals surface area (Å²) in [6.45, 7) is 0. The van der Waals surface area contributed by atoms with Crippen molar-refractivity contribution >= 4 is 17.7 Å². The first-order valence-electron chi connectivity index (χ1n) is 8.43. The topological polar surface area (TPSA) is 99.2 Å². The summed E-state index contributed by atoms with van der Waals surface area (Å²) in [5, 5.41) is 7.20. The molecule has 1 fully saturated rings. The second kappa shape index (κ2) is 7.38. The zero-order valence-electron chi connectivity index (χ0n) is 14.2. The lowest BCUT2D eigenvalue weighted by molar-refractivity contribution is 0.0601. The number of methoxy groups -OCH3 is 1. The van der Waals surface area contributed by atoms with Crippen LogP contribution in [-0.4, -0.2) is 34.8 Å². The fraction of sp³-hybridized carbons (Fsp3) is 0.389. The molecule has 0 unspecified atom stereocenters. The van der Waals surface area contributed by atoms with Crippen molar-refractivity contribution in [2.24, 2.45) is 0 Å². The number of nitrogen functional groups attached to an aromatic ring is 1. The molecule has 3 rings (SSSR count). The molecule has 2 aromatic rings. The van der Waals surface area contributed by atoms with Gasteiger partial charge in [-0.2, -0.15) is 5.10 Å². The van der Waals surface area contributed by atoms with Gasteiger partial charge in [0.15, 0.2) is 0 Å². The number of carbonyl (C=O) groups excluding carboxylic acids is 2. The molecular formula is C18H22N4O3. The minimum atomic E-state index is -0.535. The van der Waals surface area contributed by atoms with Gasteiger partial charge in [-0.3, -0.25) is 4.79 Å². The molecule has 0 spiro atoms. The van der Waals surface area contributed by atoms with Crippen LogP contribution >= 0.6 is 0 Å². The lowest BCUT2D eigenvalue weighted by Gasteiger charge is -2.22. The van der Waals surface area contributed by atoms with Gasteiger partial charge in [-0.25, -0.2) is 9.48 Å². The third-order valence-corrected chi connectivity index (χ3v) is 4.53. The molecule has 0 aliphatic heterocycles. The molecule has 1 heterocycles. The summed E-state index contributed by atoms with van der Waals surface area (Å²) in [4.78, 5) is 23.9. The second-order valence-electron chi connectivity index (χ2n) is 6.20. The van der Waals surface area contributed by atoms with Crippen LogP contribution in [0.3, 0.4) is 0 Å². The van der Waals surface area contributed by atoms with Crippen LogP contribution in [-0.2, 0) is 4.74 Å². The third kappa shape index (κ3) is 3.65. The number of hydrogen-bond acceptors (Lipinski definition) is 5. The van der Waals surface area contributed by atoms with Gasteiger partial charge in [0.05, 0.1) is 19.0 Å². The van der Waals surface area contributed by atoms with Crippen molar-refractivity contribution in [3.8, 4) is 5.69 Å². The van der Waals surface area contributed by atoms with Gasteiger partial charge >= 0.3 is 5.97 Å². The summed E-state index contributed by atoms with van der Waals surface area (Å²) in [6, 6.07) is 7.23. The van der Waals surface area contributed by atoms with Gasteiger partial charge in [0.25, 0.3) is 5.91 Å². The maximum Gasteiger partial charge on any atom is 0.343 e. The summed E-state index contributed by atoms with van der Waals surface area (Å²) in [5.41, 5.74) is 7.42. The van der Waals surface area contributed by atoms with E-state index in [0.29, 0.717) is 11.3 Å². The van der Waals surface area contributed by atoms with Crippen molar-refractivity contribution in [3.63, 3.8) is 0 Å². The number of ether oxygens (including phenoxy) is 1. The zero-order valence-corrected chi connectivity index (χ0v) is 14.2. The first-order chi connectivity index (χ1) is 12.1. The molecule has 3 N–H and O–H groups in total. The Morgan fingerprint density at radius 3 is 2.52 bits per heavy atom. The van der Waals surface area contributed by atoms with Gasteiger partial charge in [-0.1, -0.05) is 19.3 Å². The van der Waals surface area contributed by atoms with Crippen LogP contribution < -0.4 is 11.1 Å². The van der Waals surface area contributed by atoms with Crippen LogP contribution in [0.25, 0.3) is 5.69 Å². The van der Waals surface area contributed by atoms with Crippen LogP contribution in [0.1, 0.15) is 52.8 Å². The Hall–Kier alpha value is -2.83. The average molecular weight is 342 g/mol. The zero-order chi connectivity index (χ0) is 17.8. The molecule has 132 valence electrons. The minimum Gasteiger partial charge on any atom is -0.465 e. The number of benzene rings is 1. The Balaban J connectivity index is 1.73. The number of nitrogens with two attached hydrogens (primary N) is 1. The normalized spacial score (nSPS) is 14.9. The van der Waals surface area contributed by atoms with Crippen molar-refractivity contribution in [1.29, 1.82) is 0 Å². The van der Waals surface area contributed by atoms with Crippen LogP contribution in [0.4, 0.5) is 5.82 Å². The van der Waals surface area contributed by atoms with E-state index in [1.54, 1.807) is 24.3 Å². The van der Waals surface area contributed by atoms with E-state index in [0.717, 1.165) is 12.8 Å². The monoisotopic (exact) mass is 342 g/mol. The van der Waals surface area contributed by atoms with E-state index in [1.165, 1.54) is 37.3 Å². The lowest BCUT2D eigenvalue weighted by atomic mass is 9.95. The smallest absolute Gasteiger partial charge is 0.343 e. The third-order valence-electron chi connectivity index (χ3n) is 4.53. The molecule has 0 saturated heterocycles. The highest BCUT2D eigenvalue weighted by Gasteiger charge is 2.18. The van der Waals surface area contributed by atoms with Crippen molar-refractivity contribution in [2.45, 2.75) is 38.1 Å². The summed E-state index contributed by atoms with van der Waals surface area (Å²) in [5.74, 6) is -0.402. The van der Waals surface area contributed by atoms with Crippen LogP contribution in [0.15, 0.2) is 30.5 Å². The number of aromatic nitrogens is 2. The highest BCUT2D eigenvalue weighted by Crippen LogP contribution is 2.20. The van der Waals surface area contributed by atoms with Crippen molar-refractivity contribution in [2.75, 3.05) is 12.8 Å². The van der Waals surface area contributed by atoms with E-state index in [-0.39, 0.29) is 23.3 Å². The van der Waals surface area contributed by atoms with E-state index in [9.17, 15) is 9.59 Å². The fourth-order valence-corrected chi connectivity index (χ4v) is 3.10. The number of nitrogens with zero attached hydrogens (tertiary/aromatic N) is 2. The van der Waals surface area contributed by atoms with Crippen molar-refractivity contribution < 1.29 is 14.3 Å². The predicted octanol–water partition coefficient (Wildman–Crippen LogP) is 2.30. The summed E-state index contributed by atoms with van der Waals surface area (Å²) in [6.07, 6.45) is 7.05. The number of anilines is 1. The van der Waals surface area contributed by atoms with Crippen LogP contribution in [0, 0.1) is 0 Å². The number of rotatable bonds is 4. The Bertz CT molecular complexity index is 761. The van der Waals surface area contributed by atoms with Gasteiger partial charge in [0.2, 0.25) is 0 Å². The minimum absolute atomic E-state index is 0.0675. The Morgan fingerprint density at radius 1 is 1.20 bits per heavy atom. The Labute approximate surface area is 146 Å². The number of nitrogens with one attached hydrogen (secondary N) is 1.